The average Bonchev–Trinajstić information content (AvgIpc) is 2.62. The van der Waals surface area contributed by atoms with Gasteiger partial charge in [-0.2, -0.15) is 0 Å². The van der Waals surface area contributed by atoms with E-state index in [0.29, 0.717) is 22.1 Å². The van der Waals surface area contributed by atoms with Crippen LogP contribution in [0.5, 0.6) is 0 Å². The molecule has 0 heterocycles. The van der Waals surface area contributed by atoms with Crippen molar-refractivity contribution in [2.24, 2.45) is 0 Å². The van der Waals surface area contributed by atoms with E-state index in [-0.39, 0.29) is 23.9 Å². The third-order valence-corrected chi connectivity index (χ3v) is 6.65. The maximum absolute atomic E-state index is 12.4. The Morgan fingerprint density at radius 3 is 2.48 bits per heavy atom. The van der Waals surface area contributed by atoms with Crippen molar-refractivity contribution >= 4 is 39.3 Å². The highest BCUT2D eigenvalue weighted by atomic mass is 35.5. The van der Waals surface area contributed by atoms with Crippen molar-refractivity contribution in [3.8, 4) is 0 Å². The normalized spacial score (nSPS) is 11.4. The van der Waals surface area contributed by atoms with Crippen LogP contribution in [-0.2, 0) is 20.6 Å². The molecule has 0 bridgehead atoms. The van der Waals surface area contributed by atoms with Gasteiger partial charge < -0.3 is 5.32 Å². The summed E-state index contributed by atoms with van der Waals surface area (Å²) in [5, 5.41) is 3.41. The standard InChI is InChI=1S/C19H23ClN2O3S2/c1-14-3-4-15(2)18(11-14)27(24,25)22-10-9-21-19(23)13-26-12-16-5-7-17(20)8-6-16/h3-8,11,22H,9-10,12-13H2,1-2H3,(H,21,23). The molecule has 0 aliphatic heterocycles. The van der Waals surface area contributed by atoms with Crippen LogP contribution in [-0.4, -0.2) is 33.2 Å². The molecule has 5 nitrogen and oxygen atoms in total. The van der Waals surface area contributed by atoms with Gasteiger partial charge in [0.25, 0.3) is 0 Å². The minimum atomic E-state index is -3.59. The van der Waals surface area contributed by atoms with Crippen molar-refractivity contribution in [3.63, 3.8) is 0 Å². The highest BCUT2D eigenvalue weighted by molar-refractivity contribution is 7.99. The smallest absolute Gasteiger partial charge is 0.240 e. The van der Waals surface area contributed by atoms with Crippen LogP contribution in [0.25, 0.3) is 0 Å². The number of amides is 1. The molecule has 0 saturated carbocycles. The predicted molar refractivity (Wildman–Crippen MR) is 112 cm³/mol. The number of carbonyl (C=O) groups is 1. The molecule has 0 spiro atoms. The second kappa shape index (κ2) is 10.1. The van der Waals surface area contributed by atoms with E-state index in [1.807, 2.05) is 37.3 Å². The molecule has 0 unspecified atom stereocenters. The van der Waals surface area contributed by atoms with E-state index < -0.39 is 10.0 Å². The first kappa shape index (κ1) is 21.8. The Morgan fingerprint density at radius 1 is 1.07 bits per heavy atom. The molecule has 8 heteroatoms. The van der Waals surface area contributed by atoms with Crippen LogP contribution >= 0.6 is 23.4 Å². The van der Waals surface area contributed by atoms with Crippen LogP contribution in [0.2, 0.25) is 5.02 Å². The first-order valence-corrected chi connectivity index (χ1v) is 11.5. The second-order valence-corrected chi connectivity index (χ2v) is 9.29. The van der Waals surface area contributed by atoms with E-state index in [0.717, 1.165) is 11.1 Å². The summed E-state index contributed by atoms with van der Waals surface area (Å²) in [5.41, 5.74) is 2.67. The average molecular weight is 427 g/mol. The Hall–Kier alpha value is -1.54. The minimum Gasteiger partial charge on any atom is -0.354 e. The fourth-order valence-electron chi connectivity index (χ4n) is 2.36. The number of benzene rings is 2. The van der Waals surface area contributed by atoms with Gasteiger partial charge in [0.15, 0.2) is 0 Å². The number of rotatable bonds is 9. The van der Waals surface area contributed by atoms with E-state index in [1.165, 1.54) is 11.8 Å². The number of nitrogens with one attached hydrogen (secondary N) is 2. The lowest BCUT2D eigenvalue weighted by Crippen LogP contribution is -2.35. The summed E-state index contributed by atoms with van der Waals surface area (Å²) in [7, 11) is -3.59. The Morgan fingerprint density at radius 2 is 1.78 bits per heavy atom. The van der Waals surface area contributed by atoms with Crippen molar-refractivity contribution < 1.29 is 13.2 Å². The van der Waals surface area contributed by atoms with Crippen LogP contribution in [0.3, 0.4) is 0 Å². The van der Waals surface area contributed by atoms with Crippen LogP contribution in [0.15, 0.2) is 47.4 Å². The molecule has 2 aromatic rings. The zero-order valence-electron chi connectivity index (χ0n) is 15.3. The second-order valence-electron chi connectivity index (χ2n) is 6.14. The molecule has 0 saturated heterocycles. The lowest BCUT2D eigenvalue weighted by molar-refractivity contribution is -0.118. The van der Waals surface area contributed by atoms with E-state index in [2.05, 4.69) is 10.0 Å². The van der Waals surface area contributed by atoms with Crippen molar-refractivity contribution in [3.05, 3.63) is 64.2 Å². The van der Waals surface area contributed by atoms with E-state index in [9.17, 15) is 13.2 Å². The van der Waals surface area contributed by atoms with Crippen LogP contribution in [0.4, 0.5) is 0 Å². The lowest BCUT2D eigenvalue weighted by Gasteiger charge is -2.11. The Balaban J connectivity index is 1.70. The van der Waals surface area contributed by atoms with E-state index >= 15 is 0 Å². The number of aryl methyl sites for hydroxylation is 2. The molecule has 0 aliphatic carbocycles. The molecule has 0 atom stereocenters. The van der Waals surface area contributed by atoms with Crippen LogP contribution < -0.4 is 10.0 Å². The first-order chi connectivity index (χ1) is 12.8. The molecule has 0 aliphatic rings. The monoisotopic (exact) mass is 426 g/mol. The van der Waals surface area contributed by atoms with Crippen molar-refractivity contribution in [2.45, 2.75) is 24.5 Å². The number of hydrogen-bond donors (Lipinski definition) is 2. The largest absolute Gasteiger partial charge is 0.354 e. The van der Waals surface area contributed by atoms with Gasteiger partial charge in [0.05, 0.1) is 10.6 Å². The maximum atomic E-state index is 12.4. The summed E-state index contributed by atoms with van der Waals surface area (Å²) in [4.78, 5) is 12.1. The summed E-state index contributed by atoms with van der Waals surface area (Å²) in [5.74, 6) is 0.899. The topological polar surface area (TPSA) is 75.3 Å². The number of carbonyl (C=O) groups excluding carboxylic acids is 1. The summed E-state index contributed by atoms with van der Waals surface area (Å²) < 4.78 is 27.3. The number of thioether (sulfide) groups is 1. The lowest BCUT2D eigenvalue weighted by atomic mass is 10.2. The highest BCUT2D eigenvalue weighted by Crippen LogP contribution is 2.16. The van der Waals surface area contributed by atoms with Gasteiger partial charge in [0, 0.05) is 23.9 Å². The molecule has 146 valence electrons. The molecular formula is C19H23ClN2O3S2. The van der Waals surface area contributed by atoms with E-state index in [4.69, 9.17) is 11.6 Å². The molecule has 2 aromatic carbocycles. The fraction of sp³-hybridized carbons (Fsp3) is 0.316. The van der Waals surface area contributed by atoms with Gasteiger partial charge in [0.1, 0.15) is 0 Å². The zero-order valence-corrected chi connectivity index (χ0v) is 17.7. The molecule has 1 amide bonds. The summed E-state index contributed by atoms with van der Waals surface area (Å²) in [6.07, 6.45) is 0. The van der Waals surface area contributed by atoms with Crippen molar-refractivity contribution in [1.82, 2.24) is 10.0 Å². The molecule has 0 fully saturated rings. The maximum Gasteiger partial charge on any atom is 0.240 e. The zero-order chi connectivity index (χ0) is 19.9. The number of halogens is 1. The van der Waals surface area contributed by atoms with Gasteiger partial charge in [-0.25, -0.2) is 13.1 Å². The van der Waals surface area contributed by atoms with Gasteiger partial charge in [0.2, 0.25) is 15.9 Å². The quantitative estimate of drug-likeness (QED) is 0.603. The molecular weight excluding hydrogens is 404 g/mol. The van der Waals surface area contributed by atoms with Crippen LogP contribution in [0.1, 0.15) is 16.7 Å². The van der Waals surface area contributed by atoms with Crippen molar-refractivity contribution in [2.75, 3.05) is 18.8 Å². The van der Waals surface area contributed by atoms with Gasteiger partial charge >= 0.3 is 0 Å². The summed E-state index contributed by atoms with van der Waals surface area (Å²) in [6.45, 7) is 3.99. The predicted octanol–water partition coefficient (Wildman–Crippen LogP) is 3.28. The van der Waals surface area contributed by atoms with Gasteiger partial charge in [-0.1, -0.05) is 35.9 Å². The van der Waals surface area contributed by atoms with Gasteiger partial charge in [-0.3, -0.25) is 4.79 Å². The fourth-order valence-corrected chi connectivity index (χ4v) is 4.66. The molecule has 2 rings (SSSR count). The Labute approximate surface area is 169 Å². The molecule has 27 heavy (non-hydrogen) atoms. The first-order valence-electron chi connectivity index (χ1n) is 8.44. The molecule has 0 aromatic heterocycles. The summed E-state index contributed by atoms with van der Waals surface area (Å²) in [6, 6.07) is 12.8. The van der Waals surface area contributed by atoms with E-state index in [1.54, 1.807) is 19.1 Å². The van der Waals surface area contributed by atoms with Crippen molar-refractivity contribution in [1.29, 1.82) is 0 Å². The Kier molecular flexibility index (Phi) is 8.16. The Bertz CT molecular complexity index is 884. The molecule has 2 N–H and O–H groups in total. The number of hydrogen-bond acceptors (Lipinski definition) is 4. The highest BCUT2D eigenvalue weighted by Gasteiger charge is 2.16. The molecule has 0 radical (unpaired) electrons. The third-order valence-electron chi connectivity index (χ3n) is 3.79. The van der Waals surface area contributed by atoms with Gasteiger partial charge in [-0.05, 0) is 48.7 Å². The third kappa shape index (κ3) is 7.18. The minimum absolute atomic E-state index is 0.125. The van der Waals surface area contributed by atoms with Crippen LogP contribution in [0, 0.1) is 13.8 Å². The SMILES string of the molecule is Cc1ccc(C)c(S(=O)(=O)NCCNC(=O)CSCc2ccc(Cl)cc2)c1. The summed E-state index contributed by atoms with van der Waals surface area (Å²) >= 11 is 7.33. The van der Waals surface area contributed by atoms with Gasteiger partial charge in [-0.15, -0.1) is 11.8 Å². The number of sulfonamides is 1.